The Morgan fingerprint density at radius 3 is 2.94 bits per heavy atom. The van der Waals surface area contributed by atoms with Crippen molar-refractivity contribution >= 4 is 23.2 Å². The topological polar surface area (TPSA) is 85.1 Å². The third-order valence-corrected chi connectivity index (χ3v) is 3.03. The van der Waals surface area contributed by atoms with Crippen LogP contribution in [0.3, 0.4) is 0 Å². The number of nitro groups is 1. The summed E-state index contributed by atoms with van der Waals surface area (Å²) in [6.45, 7) is 0.528. The first kappa shape index (κ1) is 12.8. The van der Waals surface area contributed by atoms with Gasteiger partial charge >= 0.3 is 0 Å². The molecule has 7 heteroatoms. The predicted octanol–water partition coefficient (Wildman–Crippen LogP) is 2.17. The summed E-state index contributed by atoms with van der Waals surface area (Å²) in [6.07, 6.45) is 4.32. The molecular weight excluding hydrogens is 258 g/mol. The lowest BCUT2D eigenvalue weighted by atomic mass is 10.2. The van der Waals surface area contributed by atoms with Crippen LogP contribution in [0.1, 0.15) is 29.6 Å². The van der Waals surface area contributed by atoms with Crippen LogP contribution in [0.15, 0.2) is 12.3 Å². The Hall–Kier alpha value is -1.69. The minimum absolute atomic E-state index is 0.0456. The lowest BCUT2D eigenvalue weighted by molar-refractivity contribution is -0.385. The molecule has 1 aromatic rings. The van der Waals surface area contributed by atoms with E-state index in [0.717, 1.165) is 12.6 Å². The molecule has 2 rings (SSSR count). The summed E-state index contributed by atoms with van der Waals surface area (Å²) in [7, 11) is 0. The van der Waals surface area contributed by atoms with E-state index in [0.29, 0.717) is 12.5 Å². The number of pyridine rings is 1. The van der Waals surface area contributed by atoms with Crippen LogP contribution in [0, 0.1) is 16.0 Å². The molecule has 0 saturated heterocycles. The standard InChI is InChI=1S/C11H12ClN3O3/c12-10-5-8(9(6-14-10)15(17)18)11(16)13-4-3-7-1-2-7/h5-7H,1-4H2,(H,13,16). The Kier molecular flexibility index (Phi) is 3.76. The maximum absolute atomic E-state index is 11.8. The number of carbonyl (C=O) groups is 1. The molecule has 0 spiro atoms. The quantitative estimate of drug-likeness (QED) is 0.504. The van der Waals surface area contributed by atoms with E-state index in [4.69, 9.17) is 11.6 Å². The smallest absolute Gasteiger partial charge is 0.300 e. The van der Waals surface area contributed by atoms with Gasteiger partial charge in [-0.3, -0.25) is 14.9 Å². The Labute approximate surface area is 109 Å². The number of halogens is 1. The zero-order valence-electron chi connectivity index (χ0n) is 9.56. The van der Waals surface area contributed by atoms with Crippen molar-refractivity contribution in [3.05, 3.63) is 33.1 Å². The molecular formula is C11H12ClN3O3. The first-order valence-corrected chi connectivity index (χ1v) is 6.04. The molecule has 1 aliphatic rings. The average molecular weight is 270 g/mol. The molecule has 1 amide bonds. The van der Waals surface area contributed by atoms with Gasteiger partial charge in [-0.25, -0.2) is 4.98 Å². The first-order chi connectivity index (χ1) is 8.58. The Morgan fingerprint density at radius 1 is 1.61 bits per heavy atom. The molecule has 1 aliphatic carbocycles. The van der Waals surface area contributed by atoms with Crippen LogP contribution in [-0.4, -0.2) is 22.4 Å². The van der Waals surface area contributed by atoms with Gasteiger partial charge in [0.2, 0.25) is 0 Å². The summed E-state index contributed by atoms with van der Waals surface area (Å²) in [5.41, 5.74) is -0.376. The maximum atomic E-state index is 11.8. The van der Waals surface area contributed by atoms with Crippen molar-refractivity contribution in [3.8, 4) is 0 Å². The second-order valence-electron chi connectivity index (χ2n) is 4.27. The lowest BCUT2D eigenvalue weighted by Crippen LogP contribution is -2.25. The van der Waals surface area contributed by atoms with Crippen LogP contribution >= 0.6 is 11.6 Å². The fourth-order valence-corrected chi connectivity index (χ4v) is 1.80. The zero-order valence-corrected chi connectivity index (χ0v) is 10.3. The third-order valence-electron chi connectivity index (χ3n) is 2.83. The van der Waals surface area contributed by atoms with Gasteiger partial charge in [-0.05, 0) is 18.4 Å². The van der Waals surface area contributed by atoms with E-state index in [-0.39, 0.29) is 16.4 Å². The summed E-state index contributed by atoms with van der Waals surface area (Å²) in [5, 5.41) is 13.5. The second-order valence-corrected chi connectivity index (χ2v) is 4.66. The fraction of sp³-hybridized carbons (Fsp3) is 0.455. The minimum Gasteiger partial charge on any atom is -0.352 e. The van der Waals surface area contributed by atoms with Gasteiger partial charge in [-0.2, -0.15) is 0 Å². The van der Waals surface area contributed by atoms with Crippen LogP contribution in [0.2, 0.25) is 5.15 Å². The van der Waals surface area contributed by atoms with Crippen molar-refractivity contribution in [2.24, 2.45) is 5.92 Å². The van der Waals surface area contributed by atoms with Gasteiger partial charge in [0.1, 0.15) is 16.9 Å². The summed E-state index contributed by atoms with van der Waals surface area (Å²) < 4.78 is 0. The van der Waals surface area contributed by atoms with Gasteiger partial charge in [-0.15, -0.1) is 0 Å². The van der Waals surface area contributed by atoms with Crippen molar-refractivity contribution in [3.63, 3.8) is 0 Å². The highest BCUT2D eigenvalue weighted by atomic mass is 35.5. The molecule has 0 unspecified atom stereocenters. The lowest BCUT2D eigenvalue weighted by Gasteiger charge is -2.05. The van der Waals surface area contributed by atoms with E-state index in [1.807, 2.05) is 0 Å². The van der Waals surface area contributed by atoms with Crippen molar-refractivity contribution in [1.82, 2.24) is 10.3 Å². The fourth-order valence-electron chi connectivity index (χ4n) is 1.64. The zero-order chi connectivity index (χ0) is 13.1. The van der Waals surface area contributed by atoms with E-state index >= 15 is 0 Å². The molecule has 1 fully saturated rings. The summed E-state index contributed by atoms with van der Waals surface area (Å²) in [6, 6.07) is 1.21. The monoisotopic (exact) mass is 269 g/mol. The van der Waals surface area contributed by atoms with Crippen LogP contribution in [0.25, 0.3) is 0 Å². The number of amides is 1. The normalized spacial score (nSPS) is 14.3. The van der Waals surface area contributed by atoms with Gasteiger partial charge in [0.05, 0.1) is 4.92 Å². The highest BCUT2D eigenvalue weighted by Gasteiger charge is 2.23. The third kappa shape index (κ3) is 3.16. The number of carbonyl (C=O) groups excluding carboxylic acids is 1. The van der Waals surface area contributed by atoms with Gasteiger partial charge in [0, 0.05) is 6.54 Å². The molecule has 0 radical (unpaired) electrons. The predicted molar refractivity (Wildman–Crippen MR) is 65.6 cm³/mol. The largest absolute Gasteiger partial charge is 0.352 e. The Balaban J connectivity index is 2.06. The summed E-state index contributed by atoms with van der Waals surface area (Å²) in [5.74, 6) is 0.216. The molecule has 1 heterocycles. The van der Waals surface area contributed by atoms with Crippen LogP contribution in [-0.2, 0) is 0 Å². The molecule has 1 aromatic heterocycles. The SMILES string of the molecule is O=C(NCCC1CC1)c1cc(Cl)ncc1[N+](=O)[O-]. The molecule has 18 heavy (non-hydrogen) atoms. The highest BCUT2D eigenvalue weighted by molar-refractivity contribution is 6.29. The molecule has 96 valence electrons. The highest BCUT2D eigenvalue weighted by Crippen LogP contribution is 2.31. The molecule has 1 N–H and O–H groups in total. The van der Waals surface area contributed by atoms with Crippen molar-refractivity contribution in [2.45, 2.75) is 19.3 Å². The number of nitrogens with one attached hydrogen (secondary N) is 1. The number of nitrogens with zero attached hydrogens (tertiary/aromatic N) is 2. The van der Waals surface area contributed by atoms with Crippen LogP contribution < -0.4 is 5.32 Å². The summed E-state index contributed by atoms with van der Waals surface area (Å²) in [4.78, 5) is 25.6. The van der Waals surface area contributed by atoms with Gasteiger partial charge in [0.15, 0.2) is 0 Å². The molecule has 1 saturated carbocycles. The Bertz CT molecular complexity index is 488. The van der Waals surface area contributed by atoms with Crippen molar-refractivity contribution in [2.75, 3.05) is 6.54 Å². The van der Waals surface area contributed by atoms with E-state index < -0.39 is 10.8 Å². The van der Waals surface area contributed by atoms with E-state index in [9.17, 15) is 14.9 Å². The van der Waals surface area contributed by atoms with Crippen LogP contribution in [0.5, 0.6) is 0 Å². The van der Waals surface area contributed by atoms with Gasteiger partial charge < -0.3 is 5.32 Å². The van der Waals surface area contributed by atoms with Gasteiger partial charge in [0.25, 0.3) is 11.6 Å². The van der Waals surface area contributed by atoms with Crippen molar-refractivity contribution in [1.29, 1.82) is 0 Å². The molecule has 0 atom stereocenters. The van der Waals surface area contributed by atoms with Crippen molar-refractivity contribution < 1.29 is 9.72 Å². The van der Waals surface area contributed by atoms with E-state index in [1.54, 1.807) is 0 Å². The number of hydrogen-bond acceptors (Lipinski definition) is 4. The number of hydrogen-bond donors (Lipinski definition) is 1. The van der Waals surface area contributed by atoms with Crippen LogP contribution in [0.4, 0.5) is 5.69 Å². The molecule has 0 aliphatic heterocycles. The van der Waals surface area contributed by atoms with E-state index in [2.05, 4.69) is 10.3 Å². The average Bonchev–Trinajstić information content (AvgIpc) is 3.12. The number of rotatable bonds is 5. The maximum Gasteiger partial charge on any atom is 0.300 e. The van der Waals surface area contributed by atoms with Gasteiger partial charge in [-0.1, -0.05) is 24.4 Å². The molecule has 0 aromatic carbocycles. The first-order valence-electron chi connectivity index (χ1n) is 5.66. The summed E-state index contributed by atoms with van der Waals surface area (Å²) >= 11 is 5.65. The minimum atomic E-state index is -0.640. The molecule has 0 bridgehead atoms. The Morgan fingerprint density at radius 2 is 2.33 bits per heavy atom. The second kappa shape index (κ2) is 5.30. The van der Waals surface area contributed by atoms with E-state index in [1.165, 1.54) is 18.9 Å². The number of aromatic nitrogens is 1. The molecule has 6 nitrogen and oxygen atoms in total.